The van der Waals surface area contributed by atoms with E-state index in [1.54, 1.807) is 5.40 Å². The van der Waals surface area contributed by atoms with Gasteiger partial charge in [0.15, 0.2) is 0 Å². The van der Waals surface area contributed by atoms with E-state index < -0.39 is 21.2 Å². The van der Waals surface area contributed by atoms with Crippen molar-refractivity contribution in [3.8, 4) is 5.40 Å². The van der Waals surface area contributed by atoms with Gasteiger partial charge in [-0.25, -0.2) is 0 Å². The van der Waals surface area contributed by atoms with Crippen molar-refractivity contribution in [1.29, 1.82) is 5.26 Å². The lowest BCUT2D eigenvalue weighted by atomic mass is 10.3. The summed E-state index contributed by atoms with van der Waals surface area (Å²) in [7, 11) is 0. The first-order valence-electron chi connectivity index (χ1n) is 3.65. The van der Waals surface area contributed by atoms with Crippen LogP contribution < -0.4 is 0 Å². The fraction of sp³-hybridized carbons (Fsp3) is 0. The van der Waals surface area contributed by atoms with Crippen molar-refractivity contribution in [1.82, 2.24) is 0 Å². The van der Waals surface area contributed by atoms with Crippen LogP contribution in [-0.2, 0) is 0 Å². The summed E-state index contributed by atoms with van der Waals surface area (Å²) in [5.41, 5.74) is -0.867. The average molecular weight is 304 g/mol. The predicted molar refractivity (Wildman–Crippen MR) is 58.9 cm³/mol. The first-order chi connectivity index (χ1) is 7.47. The zero-order valence-electron chi connectivity index (χ0n) is 7.42. The van der Waals surface area contributed by atoms with E-state index in [0.717, 1.165) is 12.1 Å². The van der Waals surface area contributed by atoms with Crippen molar-refractivity contribution in [3.05, 3.63) is 36.8 Å². The standard InChI is InChI=1S/C7H2BrN3O4S/c8-5-1-4(10(12)13)2-6(11(14)15)7(5)16-3-9/h1-2H. The number of thioether (sulfide) groups is 1. The molecular formula is C7H2BrN3O4S. The molecule has 0 saturated heterocycles. The SMILES string of the molecule is N#CSc1c(Br)cc([N+](=O)[O-])cc1[N+](=O)[O-]. The third kappa shape index (κ3) is 2.47. The molecule has 0 saturated carbocycles. The molecule has 0 aliphatic rings. The lowest BCUT2D eigenvalue weighted by Crippen LogP contribution is -1.95. The number of nitro groups is 2. The molecule has 0 N–H and O–H groups in total. The van der Waals surface area contributed by atoms with Crippen LogP contribution in [0.1, 0.15) is 0 Å². The minimum absolute atomic E-state index is 0.0538. The molecule has 0 aliphatic heterocycles. The Morgan fingerprint density at radius 1 is 1.31 bits per heavy atom. The van der Waals surface area contributed by atoms with E-state index in [1.165, 1.54) is 0 Å². The van der Waals surface area contributed by atoms with E-state index in [2.05, 4.69) is 15.9 Å². The Morgan fingerprint density at radius 2 is 1.94 bits per heavy atom. The summed E-state index contributed by atoms with van der Waals surface area (Å²) in [5, 5.41) is 31.3. The van der Waals surface area contributed by atoms with Gasteiger partial charge in [0.25, 0.3) is 11.4 Å². The van der Waals surface area contributed by atoms with E-state index in [9.17, 15) is 20.2 Å². The minimum atomic E-state index is -0.766. The smallest absolute Gasteiger partial charge is 0.258 e. The molecule has 0 radical (unpaired) electrons. The van der Waals surface area contributed by atoms with Crippen LogP contribution in [-0.4, -0.2) is 9.85 Å². The second-order valence-corrected chi connectivity index (χ2v) is 4.13. The molecule has 0 atom stereocenters. The highest BCUT2D eigenvalue weighted by Crippen LogP contribution is 2.38. The Morgan fingerprint density at radius 3 is 2.38 bits per heavy atom. The Bertz CT molecular complexity index is 513. The number of nitrogens with zero attached hydrogens (tertiary/aromatic N) is 3. The summed E-state index contributed by atoms with van der Waals surface area (Å²) in [4.78, 5) is 19.7. The zero-order valence-corrected chi connectivity index (χ0v) is 9.82. The number of benzene rings is 1. The summed E-state index contributed by atoms with van der Waals surface area (Å²) in [6, 6.07) is 1.94. The number of nitriles is 1. The van der Waals surface area contributed by atoms with Crippen molar-refractivity contribution in [2.24, 2.45) is 0 Å². The maximum atomic E-state index is 10.7. The van der Waals surface area contributed by atoms with E-state index >= 15 is 0 Å². The van der Waals surface area contributed by atoms with Gasteiger partial charge in [-0.15, -0.1) is 0 Å². The number of thiocyanates is 1. The molecule has 82 valence electrons. The highest BCUT2D eigenvalue weighted by Gasteiger charge is 2.23. The first kappa shape index (κ1) is 12.4. The van der Waals surface area contributed by atoms with Gasteiger partial charge < -0.3 is 0 Å². The van der Waals surface area contributed by atoms with Crippen LogP contribution in [0.4, 0.5) is 11.4 Å². The maximum absolute atomic E-state index is 10.7. The van der Waals surface area contributed by atoms with Gasteiger partial charge in [0.2, 0.25) is 0 Å². The molecule has 1 aromatic carbocycles. The molecule has 0 aromatic heterocycles. The van der Waals surface area contributed by atoms with Gasteiger partial charge in [0, 0.05) is 10.5 Å². The van der Waals surface area contributed by atoms with Gasteiger partial charge in [-0.1, -0.05) is 0 Å². The number of hydrogen-bond donors (Lipinski definition) is 0. The van der Waals surface area contributed by atoms with E-state index in [-0.39, 0.29) is 9.37 Å². The van der Waals surface area contributed by atoms with Gasteiger partial charge in [0.1, 0.15) is 10.3 Å². The Kier molecular flexibility index (Phi) is 3.81. The van der Waals surface area contributed by atoms with Crippen molar-refractivity contribution >= 4 is 39.1 Å². The van der Waals surface area contributed by atoms with E-state index in [4.69, 9.17) is 5.26 Å². The third-order valence-corrected chi connectivity index (χ3v) is 3.18. The average Bonchev–Trinajstić information content (AvgIpc) is 2.20. The molecule has 0 fully saturated rings. The van der Waals surface area contributed by atoms with Crippen LogP contribution in [0, 0.1) is 30.9 Å². The van der Waals surface area contributed by atoms with Crippen LogP contribution >= 0.6 is 27.7 Å². The van der Waals surface area contributed by atoms with Gasteiger partial charge in [-0.05, 0) is 27.7 Å². The summed E-state index contributed by atoms with van der Waals surface area (Å²) in [6.07, 6.45) is 0. The van der Waals surface area contributed by atoms with E-state index in [1.807, 2.05) is 0 Å². The third-order valence-electron chi connectivity index (χ3n) is 1.56. The van der Waals surface area contributed by atoms with Crippen molar-refractivity contribution in [2.75, 3.05) is 0 Å². The van der Waals surface area contributed by atoms with Crippen LogP contribution in [0.25, 0.3) is 0 Å². The largest absolute Gasteiger partial charge is 0.291 e. The molecule has 7 nitrogen and oxygen atoms in total. The highest BCUT2D eigenvalue weighted by molar-refractivity contribution is 9.10. The Labute approximate surface area is 101 Å². The number of hydrogen-bond acceptors (Lipinski definition) is 6. The quantitative estimate of drug-likeness (QED) is 0.367. The molecule has 0 aliphatic carbocycles. The fourth-order valence-electron chi connectivity index (χ4n) is 0.953. The van der Waals surface area contributed by atoms with Crippen molar-refractivity contribution in [2.45, 2.75) is 4.90 Å². The summed E-state index contributed by atoms with van der Waals surface area (Å²) >= 11 is 3.53. The normalized spacial score (nSPS) is 9.50. The summed E-state index contributed by atoms with van der Waals surface area (Å²) in [6.45, 7) is 0. The summed E-state index contributed by atoms with van der Waals surface area (Å²) < 4.78 is 0.153. The minimum Gasteiger partial charge on any atom is -0.258 e. The molecule has 9 heteroatoms. The molecule has 16 heavy (non-hydrogen) atoms. The number of nitro benzene ring substituents is 2. The molecule has 1 aromatic rings. The molecular weight excluding hydrogens is 302 g/mol. The van der Waals surface area contributed by atoms with E-state index in [0.29, 0.717) is 11.8 Å². The van der Waals surface area contributed by atoms with Gasteiger partial charge in [-0.3, -0.25) is 20.2 Å². The highest BCUT2D eigenvalue weighted by atomic mass is 79.9. The molecule has 0 bridgehead atoms. The lowest BCUT2D eigenvalue weighted by Gasteiger charge is -2.00. The van der Waals surface area contributed by atoms with Crippen LogP contribution in [0.3, 0.4) is 0 Å². The summed E-state index contributed by atoms with van der Waals surface area (Å²) in [5.74, 6) is 0. The van der Waals surface area contributed by atoms with Crippen molar-refractivity contribution < 1.29 is 9.85 Å². The molecule has 0 unspecified atom stereocenters. The predicted octanol–water partition coefficient (Wildman–Crippen LogP) is 2.84. The van der Waals surface area contributed by atoms with Gasteiger partial charge in [0.05, 0.1) is 15.9 Å². The van der Waals surface area contributed by atoms with Crippen LogP contribution in [0.2, 0.25) is 0 Å². The monoisotopic (exact) mass is 303 g/mol. The molecule has 0 heterocycles. The second-order valence-electron chi connectivity index (χ2n) is 2.48. The second kappa shape index (κ2) is 4.91. The van der Waals surface area contributed by atoms with Gasteiger partial charge >= 0.3 is 0 Å². The van der Waals surface area contributed by atoms with Gasteiger partial charge in [-0.2, -0.15) is 5.26 Å². The Balaban J connectivity index is 3.46. The molecule has 1 rings (SSSR count). The topological polar surface area (TPSA) is 110 Å². The number of non-ortho nitro benzene ring substituents is 1. The van der Waals surface area contributed by atoms with Crippen LogP contribution in [0.5, 0.6) is 0 Å². The number of rotatable bonds is 3. The molecule has 0 amide bonds. The Hall–Kier alpha value is -1.66. The lowest BCUT2D eigenvalue weighted by molar-refractivity contribution is -0.396. The fourth-order valence-corrected chi connectivity index (χ4v) is 2.12. The molecule has 0 spiro atoms. The zero-order chi connectivity index (χ0) is 12.3. The maximum Gasteiger partial charge on any atom is 0.291 e. The van der Waals surface area contributed by atoms with Crippen molar-refractivity contribution in [3.63, 3.8) is 0 Å². The number of halogens is 1. The first-order valence-corrected chi connectivity index (χ1v) is 5.26. The van der Waals surface area contributed by atoms with Crippen LogP contribution in [0.15, 0.2) is 21.5 Å².